The normalized spacial score (nSPS) is 10.2. The van der Waals surface area contributed by atoms with Crippen LogP contribution in [-0.2, 0) is 9.53 Å². The number of nitrogens with one attached hydrogen (secondary N) is 1. The molecule has 19 heavy (non-hydrogen) atoms. The lowest BCUT2D eigenvalue weighted by Crippen LogP contribution is -2.28. The van der Waals surface area contributed by atoms with Gasteiger partial charge in [-0.15, -0.1) is 23.4 Å². The number of halogens is 1. The van der Waals surface area contributed by atoms with Gasteiger partial charge in [-0.05, 0) is 12.1 Å². The lowest BCUT2D eigenvalue weighted by molar-refractivity contribution is -0.118. The number of methoxy groups -OCH3 is 1. The molecule has 0 aliphatic carbocycles. The first-order chi connectivity index (χ1) is 9.17. The fourth-order valence-corrected chi connectivity index (χ4v) is 2.19. The predicted octanol–water partition coefficient (Wildman–Crippen LogP) is 1.96. The van der Waals surface area contributed by atoms with E-state index in [1.54, 1.807) is 19.2 Å². The van der Waals surface area contributed by atoms with Gasteiger partial charge in [-0.25, -0.2) is 0 Å². The number of hydrogen-bond acceptors (Lipinski definition) is 4. The second-order valence-corrected chi connectivity index (χ2v) is 5.03. The number of hydrogen-bond donors (Lipinski definition) is 1. The van der Waals surface area contributed by atoms with Crippen LogP contribution in [0.2, 0.25) is 0 Å². The maximum atomic E-state index is 11.5. The van der Waals surface area contributed by atoms with Crippen LogP contribution in [-0.4, -0.2) is 43.6 Å². The lowest BCUT2D eigenvalue weighted by atomic mass is 10.1. The number of carbonyl (C=O) groups is 2. The number of ketones is 1. The van der Waals surface area contributed by atoms with Crippen molar-refractivity contribution in [3.8, 4) is 0 Å². The molecule has 0 atom stereocenters. The Morgan fingerprint density at radius 3 is 2.58 bits per heavy atom. The van der Waals surface area contributed by atoms with E-state index in [1.165, 1.54) is 11.8 Å². The largest absolute Gasteiger partial charge is 0.383 e. The summed E-state index contributed by atoms with van der Waals surface area (Å²) in [5.41, 5.74) is 0.587. The van der Waals surface area contributed by atoms with Gasteiger partial charge in [0, 0.05) is 24.1 Å². The van der Waals surface area contributed by atoms with Crippen LogP contribution in [0.15, 0.2) is 29.2 Å². The van der Waals surface area contributed by atoms with Gasteiger partial charge in [0.1, 0.15) is 0 Å². The van der Waals surface area contributed by atoms with E-state index in [0.717, 1.165) is 4.90 Å². The molecule has 0 unspecified atom stereocenters. The van der Waals surface area contributed by atoms with Gasteiger partial charge in [0.2, 0.25) is 5.91 Å². The number of carbonyl (C=O) groups excluding carboxylic acids is 2. The molecule has 0 radical (unpaired) electrons. The summed E-state index contributed by atoms with van der Waals surface area (Å²) in [6, 6.07) is 7.06. The van der Waals surface area contributed by atoms with Gasteiger partial charge in [-0.3, -0.25) is 9.59 Å². The molecule has 0 saturated heterocycles. The van der Waals surface area contributed by atoms with Gasteiger partial charge in [0.05, 0.1) is 18.2 Å². The van der Waals surface area contributed by atoms with E-state index in [1.807, 2.05) is 12.1 Å². The number of Topliss-reactive ketones (excluding diaryl/α,β-unsaturated/α-hetero) is 1. The smallest absolute Gasteiger partial charge is 0.230 e. The molecule has 1 aromatic carbocycles. The van der Waals surface area contributed by atoms with Gasteiger partial charge in [0.25, 0.3) is 0 Å². The first kappa shape index (κ1) is 16.0. The third-order valence-corrected chi connectivity index (χ3v) is 3.55. The average molecular weight is 302 g/mol. The summed E-state index contributed by atoms with van der Waals surface area (Å²) in [6.45, 7) is 1.02. The van der Waals surface area contributed by atoms with Crippen molar-refractivity contribution in [3.63, 3.8) is 0 Å². The molecule has 0 saturated carbocycles. The van der Waals surface area contributed by atoms with Crippen molar-refractivity contribution < 1.29 is 14.3 Å². The van der Waals surface area contributed by atoms with Crippen LogP contribution in [0.5, 0.6) is 0 Å². The molecule has 0 aromatic heterocycles. The molecular weight excluding hydrogens is 286 g/mol. The Morgan fingerprint density at radius 1 is 1.32 bits per heavy atom. The van der Waals surface area contributed by atoms with Crippen LogP contribution in [0.25, 0.3) is 0 Å². The van der Waals surface area contributed by atoms with E-state index in [2.05, 4.69) is 5.32 Å². The zero-order valence-electron chi connectivity index (χ0n) is 10.6. The minimum absolute atomic E-state index is 0.0194. The summed E-state index contributed by atoms with van der Waals surface area (Å²) in [6.07, 6.45) is 0. The quantitative estimate of drug-likeness (QED) is 0.345. The molecule has 0 bridgehead atoms. The number of thioether (sulfide) groups is 1. The highest BCUT2D eigenvalue weighted by atomic mass is 35.5. The van der Waals surface area contributed by atoms with Crippen molar-refractivity contribution >= 4 is 35.1 Å². The fourth-order valence-electron chi connectivity index (χ4n) is 1.31. The summed E-state index contributed by atoms with van der Waals surface area (Å²) in [4.78, 5) is 23.7. The second-order valence-electron chi connectivity index (χ2n) is 3.71. The summed E-state index contributed by atoms with van der Waals surface area (Å²) >= 11 is 6.89. The molecule has 0 aliphatic heterocycles. The summed E-state index contributed by atoms with van der Waals surface area (Å²) in [5, 5.41) is 2.74. The molecule has 104 valence electrons. The molecule has 6 heteroatoms. The Kier molecular flexibility index (Phi) is 7.55. The first-order valence-electron chi connectivity index (χ1n) is 5.75. The molecular formula is C13H16ClNO3S. The molecule has 0 aliphatic rings. The Labute approximate surface area is 121 Å². The van der Waals surface area contributed by atoms with Crippen molar-refractivity contribution in [3.05, 3.63) is 29.8 Å². The molecule has 0 fully saturated rings. The highest BCUT2D eigenvalue weighted by molar-refractivity contribution is 8.00. The van der Waals surface area contributed by atoms with Gasteiger partial charge >= 0.3 is 0 Å². The van der Waals surface area contributed by atoms with Gasteiger partial charge in [-0.2, -0.15) is 0 Å². The van der Waals surface area contributed by atoms with E-state index >= 15 is 0 Å². The van der Waals surface area contributed by atoms with Crippen molar-refractivity contribution in [2.75, 3.05) is 31.9 Å². The molecule has 4 nitrogen and oxygen atoms in total. The number of benzene rings is 1. The topological polar surface area (TPSA) is 55.4 Å². The van der Waals surface area contributed by atoms with Crippen molar-refractivity contribution in [1.82, 2.24) is 5.32 Å². The highest BCUT2D eigenvalue weighted by Crippen LogP contribution is 2.18. The average Bonchev–Trinajstić information content (AvgIpc) is 2.45. The van der Waals surface area contributed by atoms with Crippen LogP contribution in [0.3, 0.4) is 0 Å². The van der Waals surface area contributed by atoms with Gasteiger partial charge in [0.15, 0.2) is 5.78 Å². The molecule has 1 aromatic rings. The third-order valence-electron chi connectivity index (χ3n) is 2.30. The standard InChI is InChI=1S/C13H16ClNO3S/c1-18-7-6-15-13(17)9-19-11-4-2-10(3-5-11)12(16)8-14/h2-5H,6-9H2,1H3,(H,15,17). The zero-order chi connectivity index (χ0) is 14.1. The second kappa shape index (κ2) is 8.96. The summed E-state index contributed by atoms with van der Waals surface area (Å²) in [7, 11) is 1.59. The molecule has 1 amide bonds. The predicted molar refractivity (Wildman–Crippen MR) is 77.1 cm³/mol. The summed E-state index contributed by atoms with van der Waals surface area (Å²) < 4.78 is 4.84. The van der Waals surface area contributed by atoms with Crippen LogP contribution in [0.4, 0.5) is 0 Å². The van der Waals surface area contributed by atoms with Crippen molar-refractivity contribution in [2.45, 2.75) is 4.90 Å². The zero-order valence-corrected chi connectivity index (χ0v) is 12.2. The molecule has 1 rings (SSSR count). The van der Waals surface area contributed by atoms with Crippen molar-refractivity contribution in [1.29, 1.82) is 0 Å². The maximum Gasteiger partial charge on any atom is 0.230 e. The van der Waals surface area contributed by atoms with Crippen molar-refractivity contribution in [2.24, 2.45) is 0 Å². The Balaban J connectivity index is 2.37. The van der Waals surface area contributed by atoms with Crippen LogP contribution >= 0.6 is 23.4 Å². The van der Waals surface area contributed by atoms with E-state index in [9.17, 15) is 9.59 Å². The fraction of sp³-hybridized carbons (Fsp3) is 0.385. The van der Waals surface area contributed by atoms with Gasteiger partial charge in [-0.1, -0.05) is 12.1 Å². The number of amides is 1. The number of rotatable bonds is 8. The van der Waals surface area contributed by atoms with Crippen LogP contribution in [0, 0.1) is 0 Å². The Hall–Kier alpha value is -1.04. The number of ether oxygens (including phenoxy) is 1. The molecule has 1 N–H and O–H groups in total. The Bertz CT molecular complexity index is 422. The summed E-state index contributed by atoms with van der Waals surface area (Å²) in [5.74, 6) is 0.180. The van der Waals surface area contributed by atoms with Crippen LogP contribution < -0.4 is 5.32 Å². The lowest BCUT2D eigenvalue weighted by Gasteiger charge is -2.05. The monoisotopic (exact) mass is 301 g/mol. The minimum atomic E-state index is -0.101. The molecule has 0 heterocycles. The van der Waals surface area contributed by atoms with Gasteiger partial charge < -0.3 is 10.1 Å². The minimum Gasteiger partial charge on any atom is -0.383 e. The first-order valence-corrected chi connectivity index (χ1v) is 7.27. The SMILES string of the molecule is COCCNC(=O)CSc1ccc(C(=O)CCl)cc1. The van der Waals surface area contributed by atoms with E-state index in [-0.39, 0.29) is 17.6 Å². The maximum absolute atomic E-state index is 11.5. The third kappa shape index (κ3) is 6.09. The Morgan fingerprint density at radius 2 is 2.00 bits per heavy atom. The van der Waals surface area contributed by atoms with Crippen LogP contribution in [0.1, 0.15) is 10.4 Å². The van der Waals surface area contributed by atoms with E-state index < -0.39 is 0 Å². The molecule has 0 spiro atoms. The van der Waals surface area contributed by atoms with E-state index in [4.69, 9.17) is 16.3 Å². The van der Waals surface area contributed by atoms with E-state index in [0.29, 0.717) is 24.5 Å². The highest BCUT2D eigenvalue weighted by Gasteiger charge is 2.05. The number of alkyl halides is 1.